The second-order valence-corrected chi connectivity index (χ2v) is 6.76. The number of rotatable bonds is 9. The molecule has 0 radical (unpaired) electrons. The van der Waals surface area contributed by atoms with Crippen molar-refractivity contribution in [2.24, 2.45) is 0 Å². The minimum atomic E-state index is 0.137. The second kappa shape index (κ2) is 8.85. The van der Waals surface area contributed by atoms with Crippen molar-refractivity contribution in [2.45, 2.75) is 33.2 Å². The fourth-order valence-electron chi connectivity index (χ4n) is 3.14. The van der Waals surface area contributed by atoms with Gasteiger partial charge in [-0.1, -0.05) is 6.92 Å². The molecule has 0 fully saturated rings. The Morgan fingerprint density at radius 3 is 2.28 bits per heavy atom. The molecule has 0 spiro atoms. The van der Waals surface area contributed by atoms with E-state index in [0.29, 0.717) is 23.2 Å². The number of nitrogens with zero attached hydrogens (tertiary/aromatic N) is 4. The van der Waals surface area contributed by atoms with Crippen LogP contribution in [0.2, 0.25) is 0 Å². The van der Waals surface area contributed by atoms with E-state index in [1.54, 1.807) is 27.7 Å². The highest BCUT2D eigenvalue weighted by molar-refractivity contribution is 5.86. The Kier molecular flexibility index (Phi) is 6.26. The van der Waals surface area contributed by atoms with Crippen molar-refractivity contribution in [1.82, 2.24) is 19.5 Å². The number of benzene rings is 1. The zero-order chi connectivity index (χ0) is 21.0. The number of fused-ring (bicyclic) bond motifs is 1. The zero-order valence-electron chi connectivity index (χ0n) is 17.7. The highest BCUT2D eigenvalue weighted by Gasteiger charge is 2.20. The number of hydrogen-bond acceptors (Lipinski definition) is 8. The molecule has 0 saturated carbocycles. The van der Waals surface area contributed by atoms with Crippen LogP contribution in [0.5, 0.6) is 17.2 Å². The van der Waals surface area contributed by atoms with Crippen LogP contribution in [0, 0.1) is 0 Å². The number of nitrogens with one attached hydrogen (secondary N) is 2. The van der Waals surface area contributed by atoms with Gasteiger partial charge in [-0.15, -0.1) is 0 Å². The fraction of sp³-hybridized carbons (Fsp3) is 0.450. The van der Waals surface area contributed by atoms with Crippen molar-refractivity contribution in [3.63, 3.8) is 0 Å². The number of methoxy groups -OCH3 is 3. The molecule has 3 rings (SSSR count). The molecule has 1 aromatic carbocycles. The molecule has 9 heteroatoms. The highest BCUT2D eigenvalue weighted by Crippen LogP contribution is 2.41. The van der Waals surface area contributed by atoms with E-state index in [-0.39, 0.29) is 6.04 Å². The summed E-state index contributed by atoms with van der Waals surface area (Å²) in [7, 11) is 4.76. The van der Waals surface area contributed by atoms with Gasteiger partial charge in [0.15, 0.2) is 28.5 Å². The van der Waals surface area contributed by atoms with Crippen LogP contribution >= 0.6 is 0 Å². The summed E-state index contributed by atoms with van der Waals surface area (Å²) < 4.78 is 18.3. The molecular formula is C20H28N6O3. The largest absolute Gasteiger partial charge is 0.493 e. The molecule has 0 amide bonds. The molecule has 9 nitrogen and oxygen atoms in total. The fourth-order valence-corrected chi connectivity index (χ4v) is 3.14. The van der Waals surface area contributed by atoms with Crippen molar-refractivity contribution in [3.8, 4) is 17.2 Å². The van der Waals surface area contributed by atoms with Gasteiger partial charge < -0.3 is 24.8 Å². The molecule has 0 aliphatic heterocycles. The maximum atomic E-state index is 5.45. The zero-order valence-corrected chi connectivity index (χ0v) is 17.7. The lowest BCUT2D eigenvalue weighted by Gasteiger charge is -2.16. The maximum Gasteiger partial charge on any atom is 0.210 e. The number of aromatic nitrogens is 4. The minimum absolute atomic E-state index is 0.137. The average Bonchev–Trinajstić information content (AvgIpc) is 3.09. The van der Waals surface area contributed by atoms with E-state index in [1.807, 2.05) is 16.7 Å². The third-order valence-corrected chi connectivity index (χ3v) is 4.46. The van der Waals surface area contributed by atoms with Crippen LogP contribution in [-0.4, -0.2) is 47.4 Å². The third kappa shape index (κ3) is 3.98. The quantitative estimate of drug-likeness (QED) is 0.556. The van der Waals surface area contributed by atoms with Crippen molar-refractivity contribution in [2.75, 3.05) is 38.5 Å². The number of imidazole rings is 1. The molecular weight excluding hydrogens is 372 g/mol. The smallest absolute Gasteiger partial charge is 0.210 e. The van der Waals surface area contributed by atoms with Gasteiger partial charge in [0.25, 0.3) is 0 Å². The summed E-state index contributed by atoms with van der Waals surface area (Å²) in [6.45, 7) is 7.09. The van der Waals surface area contributed by atoms with E-state index in [1.165, 1.54) is 0 Å². The molecule has 156 valence electrons. The first-order valence-electron chi connectivity index (χ1n) is 9.57. The first kappa shape index (κ1) is 20.5. The molecule has 0 saturated heterocycles. The summed E-state index contributed by atoms with van der Waals surface area (Å²) in [5, 5.41) is 6.69. The molecule has 2 aromatic heterocycles. The minimum Gasteiger partial charge on any atom is -0.493 e. The lowest BCUT2D eigenvalue weighted by Crippen LogP contribution is -2.07. The van der Waals surface area contributed by atoms with Crippen molar-refractivity contribution in [1.29, 1.82) is 0 Å². The summed E-state index contributed by atoms with van der Waals surface area (Å²) >= 11 is 0. The SMILES string of the molecule is CCCNc1ncnc2c1nc(Nc1cc(OC)c(OC)c(OC)c1)n2C(C)C. The van der Waals surface area contributed by atoms with Gasteiger partial charge in [-0.05, 0) is 20.3 Å². The summed E-state index contributed by atoms with van der Waals surface area (Å²) in [6.07, 6.45) is 2.55. The predicted molar refractivity (Wildman–Crippen MR) is 114 cm³/mol. The lowest BCUT2D eigenvalue weighted by molar-refractivity contribution is 0.324. The molecule has 2 heterocycles. The lowest BCUT2D eigenvalue weighted by atomic mass is 10.2. The van der Waals surface area contributed by atoms with Crippen molar-refractivity contribution in [3.05, 3.63) is 18.5 Å². The number of hydrogen-bond donors (Lipinski definition) is 2. The van der Waals surface area contributed by atoms with Gasteiger partial charge in [0.05, 0.1) is 21.3 Å². The highest BCUT2D eigenvalue weighted by atomic mass is 16.5. The summed E-state index contributed by atoms with van der Waals surface area (Å²) in [6, 6.07) is 3.82. The van der Waals surface area contributed by atoms with Gasteiger partial charge in [0.2, 0.25) is 11.7 Å². The molecule has 0 unspecified atom stereocenters. The average molecular weight is 400 g/mol. The van der Waals surface area contributed by atoms with Gasteiger partial charge in [0, 0.05) is 30.4 Å². The van der Waals surface area contributed by atoms with E-state index in [2.05, 4.69) is 41.4 Å². The summed E-state index contributed by atoms with van der Waals surface area (Å²) in [4.78, 5) is 13.6. The maximum absolute atomic E-state index is 5.45. The third-order valence-electron chi connectivity index (χ3n) is 4.46. The molecule has 29 heavy (non-hydrogen) atoms. The molecule has 0 aliphatic rings. The normalized spacial score (nSPS) is 11.0. The van der Waals surface area contributed by atoms with Crippen LogP contribution in [0.15, 0.2) is 18.5 Å². The van der Waals surface area contributed by atoms with Gasteiger partial charge in [-0.3, -0.25) is 4.57 Å². The summed E-state index contributed by atoms with van der Waals surface area (Å²) in [5.41, 5.74) is 2.25. The summed E-state index contributed by atoms with van der Waals surface area (Å²) in [5.74, 6) is 3.04. The second-order valence-electron chi connectivity index (χ2n) is 6.76. The van der Waals surface area contributed by atoms with Crippen LogP contribution in [0.25, 0.3) is 11.2 Å². The Morgan fingerprint density at radius 2 is 1.72 bits per heavy atom. The van der Waals surface area contributed by atoms with Crippen molar-refractivity contribution >= 4 is 28.6 Å². The van der Waals surface area contributed by atoms with Crippen molar-refractivity contribution < 1.29 is 14.2 Å². The molecule has 0 atom stereocenters. The van der Waals surface area contributed by atoms with E-state index in [4.69, 9.17) is 19.2 Å². The monoisotopic (exact) mass is 400 g/mol. The van der Waals surface area contributed by atoms with Gasteiger partial charge in [-0.25, -0.2) is 15.0 Å². The van der Waals surface area contributed by atoms with E-state index in [0.717, 1.165) is 35.6 Å². The Hall–Kier alpha value is -3.23. The van der Waals surface area contributed by atoms with E-state index >= 15 is 0 Å². The van der Waals surface area contributed by atoms with Gasteiger partial charge in [-0.2, -0.15) is 0 Å². The molecule has 0 bridgehead atoms. The van der Waals surface area contributed by atoms with E-state index in [9.17, 15) is 0 Å². The Labute approximate surface area is 170 Å². The molecule has 2 N–H and O–H groups in total. The first-order valence-corrected chi connectivity index (χ1v) is 9.57. The Balaban J connectivity index is 2.09. The van der Waals surface area contributed by atoms with Crippen LogP contribution < -0.4 is 24.8 Å². The topological polar surface area (TPSA) is 95.4 Å². The van der Waals surface area contributed by atoms with Crippen LogP contribution in [-0.2, 0) is 0 Å². The standard InChI is InChI=1S/C20H28N6O3/c1-7-8-21-18-16-19(23-11-22-18)26(12(2)3)20(25-16)24-13-9-14(27-4)17(29-6)15(10-13)28-5/h9-12H,7-8H2,1-6H3,(H,24,25)(H,21,22,23). The van der Waals surface area contributed by atoms with E-state index < -0.39 is 0 Å². The Bertz CT molecular complexity index is 961. The molecule has 0 aliphatic carbocycles. The first-order chi connectivity index (χ1) is 14.0. The number of anilines is 3. The van der Waals surface area contributed by atoms with Crippen LogP contribution in [0.1, 0.15) is 33.2 Å². The van der Waals surface area contributed by atoms with Gasteiger partial charge >= 0.3 is 0 Å². The number of ether oxygens (including phenoxy) is 3. The molecule has 3 aromatic rings. The Morgan fingerprint density at radius 1 is 1.03 bits per heavy atom. The van der Waals surface area contributed by atoms with Crippen LogP contribution in [0.4, 0.5) is 17.5 Å². The van der Waals surface area contributed by atoms with Crippen LogP contribution in [0.3, 0.4) is 0 Å². The predicted octanol–water partition coefficient (Wildman–Crippen LogP) is 4.00. The van der Waals surface area contributed by atoms with Gasteiger partial charge in [0.1, 0.15) is 6.33 Å².